The number of amides is 1. The van der Waals surface area contributed by atoms with Gasteiger partial charge in [0.15, 0.2) is 0 Å². The number of carbonyl (C=O) groups is 1. The van der Waals surface area contributed by atoms with Gasteiger partial charge < -0.3 is 9.73 Å². The summed E-state index contributed by atoms with van der Waals surface area (Å²) in [4.78, 5) is 14.6. The Balaban J connectivity index is 1.60. The first-order chi connectivity index (χ1) is 10.7. The second kappa shape index (κ2) is 6.99. The monoisotopic (exact) mass is 318 g/mol. The van der Waals surface area contributed by atoms with Crippen molar-refractivity contribution in [1.82, 2.24) is 10.2 Å². The van der Waals surface area contributed by atoms with E-state index in [0.29, 0.717) is 13.1 Å². The molecule has 1 fully saturated rings. The largest absolute Gasteiger partial charge is 0.467 e. The van der Waals surface area contributed by atoms with Gasteiger partial charge in [0.2, 0.25) is 5.91 Å². The van der Waals surface area contributed by atoms with Crippen LogP contribution in [-0.2, 0) is 17.9 Å². The maximum atomic E-state index is 12.4. The number of nitrogens with one attached hydrogen (secondary N) is 1. The van der Waals surface area contributed by atoms with Crippen LogP contribution >= 0.6 is 11.6 Å². The molecule has 116 valence electrons. The van der Waals surface area contributed by atoms with Crippen LogP contribution in [0.5, 0.6) is 0 Å². The van der Waals surface area contributed by atoms with Crippen LogP contribution in [-0.4, -0.2) is 23.4 Å². The number of benzene rings is 1. The highest BCUT2D eigenvalue weighted by Crippen LogP contribution is 2.23. The summed E-state index contributed by atoms with van der Waals surface area (Å²) in [6.45, 7) is 2.06. The number of hydrogen-bond donors (Lipinski definition) is 1. The summed E-state index contributed by atoms with van der Waals surface area (Å²) in [6, 6.07) is 11.4. The minimum atomic E-state index is -0.0914. The first kappa shape index (κ1) is 15.1. The zero-order valence-electron chi connectivity index (χ0n) is 12.3. The summed E-state index contributed by atoms with van der Waals surface area (Å²) < 4.78 is 5.24. The molecule has 1 amide bonds. The number of likely N-dealkylation sites (tertiary alicyclic amines) is 1. The molecule has 0 bridgehead atoms. The van der Waals surface area contributed by atoms with E-state index in [-0.39, 0.29) is 11.9 Å². The summed E-state index contributed by atoms with van der Waals surface area (Å²) >= 11 is 6.22. The first-order valence-electron chi connectivity index (χ1n) is 7.51. The van der Waals surface area contributed by atoms with Crippen molar-refractivity contribution >= 4 is 17.5 Å². The van der Waals surface area contributed by atoms with Gasteiger partial charge in [-0.2, -0.15) is 0 Å². The first-order valence-corrected chi connectivity index (χ1v) is 7.89. The fourth-order valence-electron chi connectivity index (χ4n) is 2.86. The van der Waals surface area contributed by atoms with Gasteiger partial charge in [-0.1, -0.05) is 29.8 Å². The van der Waals surface area contributed by atoms with Gasteiger partial charge in [-0.25, -0.2) is 0 Å². The number of furan rings is 1. The van der Waals surface area contributed by atoms with Crippen molar-refractivity contribution in [1.29, 1.82) is 0 Å². The topological polar surface area (TPSA) is 45.5 Å². The van der Waals surface area contributed by atoms with Crippen LogP contribution in [0.2, 0.25) is 5.02 Å². The van der Waals surface area contributed by atoms with Gasteiger partial charge >= 0.3 is 0 Å². The Hall–Kier alpha value is -1.78. The molecule has 0 radical (unpaired) electrons. The average Bonchev–Trinajstić information content (AvgIpc) is 3.18. The molecule has 5 heteroatoms. The Bertz CT molecular complexity index is 627. The molecule has 0 aliphatic carbocycles. The Morgan fingerprint density at radius 2 is 2.18 bits per heavy atom. The van der Waals surface area contributed by atoms with E-state index < -0.39 is 0 Å². The molecule has 1 aromatic heterocycles. The minimum Gasteiger partial charge on any atom is -0.467 e. The van der Waals surface area contributed by atoms with E-state index in [2.05, 4.69) is 10.2 Å². The van der Waals surface area contributed by atoms with Crippen LogP contribution in [0.4, 0.5) is 0 Å². The molecule has 2 aromatic rings. The molecular weight excluding hydrogens is 300 g/mol. The summed E-state index contributed by atoms with van der Waals surface area (Å²) in [5.74, 6) is 0.824. The van der Waals surface area contributed by atoms with Gasteiger partial charge in [-0.15, -0.1) is 0 Å². The molecule has 4 nitrogen and oxygen atoms in total. The van der Waals surface area contributed by atoms with E-state index in [4.69, 9.17) is 16.0 Å². The van der Waals surface area contributed by atoms with E-state index in [1.54, 1.807) is 6.26 Å². The highest BCUT2D eigenvalue weighted by atomic mass is 35.5. The maximum absolute atomic E-state index is 12.4. The summed E-state index contributed by atoms with van der Waals surface area (Å²) in [6.07, 6.45) is 3.53. The molecule has 1 unspecified atom stereocenters. The van der Waals surface area contributed by atoms with Crippen molar-refractivity contribution in [3.05, 3.63) is 59.0 Å². The van der Waals surface area contributed by atoms with E-state index in [1.165, 1.54) is 0 Å². The SMILES string of the molecule is O=C(NCc1ccco1)C1CCCN1Cc1ccccc1Cl. The van der Waals surface area contributed by atoms with E-state index in [0.717, 1.165) is 35.7 Å². The van der Waals surface area contributed by atoms with Crippen LogP contribution < -0.4 is 5.32 Å². The van der Waals surface area contributed by atoms with Crippen LogP contribution in [0.25, 0.3) is 0 Å². The molecule has 1 aromatic carbocycles. The van der Waals surface area contributed by atoms with Crippen molar-refractivity contribution < 1.29 is 9.21 Å². The lowest BCUT2D eigenvalue weighted by atomic mass is 10.1. The van der Waals surface area contributed by atoms with E-state index >= 15 is 0 Å². The van der Waals surface area contributed by atoms with Crippen LogP contribution in [0.3, 0.4) is 0 Å². The van der Waals surface area contributed by atoms with Gasteiger partial charge in [-0.05, 0) is 43.1 Å². The van der Waals surface area contributed by atoms with Crippen LogP contribution in [0.1, 0.15) is 24.2 Å². The molecule has 22 heavy (non-hydrogen) atoms. The summed E-state index contributed by atoms with van der Waals surface area (Å²) in [7, 11) is 0. The van der Waals surface area contributed by atoms with Crippen molar-refractivity contribution in [2.75, 3.05) is 6.54 Å². The van der Waals surface area contributed by atoms with Gasteiger partial charge in [0.05, 0.1) is 18.8 Å². The summed E-state index contributed by atoms with van der Waals surface area (Å²) in [5.41, 5.74) is 1.06. The minimum absolute atomic E-state index is 0.0564. The Kier molecular flexibility index (Phi) is 4.80. The normalized spacial score (nSPS) is 18.5. The van der Waals surface area contributed by atoms with Gasteiger partial charge in [0.25, 0.3) is 0 Å². The average molecular weight is 319 g/mol. The van der Waals surface area contributed by atoms with E-state index in [1.807, 2.05) is 36.4 Å². The number of carbonyl (C=O) groups excluding carboxylic acids is 1. The lowest BCUT2D eigenvalue weighted by Gasteiger charge is -2.24. The quantitative estimate of drug-likeness (QED) is 0.920. The lowest BCUT2D eigenvalue weighted by Crippen LogP contribution is -2.42. The van der Waals surface area contributed by atoms with Crippen molar-refractivity contribution in [3.8, 4) is 0 Å². The zero-order chi connectivity index (χ0) is 15.4. The Morgan fingerprint density at radius 3 is 2.95 bits per heavy atom. The third-order valence-electron chi connectivity index (χ3n) is 4.01. The van der Waals surface area contributed by atoms with Crippen LogP contribution in [0.15, 0.2) is 47.1 Å². The second-order valence-electron chi connectivity index (χ2n) is 5.52. The van der Waals surface area contributed by atoms with E-state index in [9.17, 15) is 4.79 Å². The number of halogens is 1. The third-order valence-corrected chi connectivity index (χ3v) is 4.38. The highest BCUT2D eigenvalue weighted by Gasteiger charge is 2.30. The number of nitrogens with zero attached hydrogens (tertiary/aromatic N) is 1. The van der Waals surface area contributed by atoms with Crippen molar-refractivity contribution in [3.63, 3.8) is 0 Å². The van der Waals surface area contributed by atoms with Crippen molar-refractivity contribution in [2.24, 2.45) is 0 Å². The highest BCUT2D eigenvalue weighted by molar-refractivity contribution is 6.31. The molecule has 0 spiro atoms. The predicted molar refractivity (Wildman–Crippen MR) is 85.4 cm³/mol. The molecule has 2 heterocycles. The zero-order valence-corrected chi connectivity index (χ0v) is 13.1. The van der Waals surface area contributed by atoms with Gasteiger partial charge in [0, 0.05) is 11.6 Å². The number of hydrogen-bond acceptors (Lipinski definition) is 3. The smallest absolute Gasteiger partial charge is 0.237 e. The molecule has 0 saturated carbocycles. The number of rotatable bonds is 5. The molecule has 1 saturated heterocycles. The Labute approximate surface area is 135 Å². The lowest BCUT2D eigenvalue weighted by molar-refractivity contribution is -0.125. The molecule has 1 atom stereocenters. The van der Waals surface area contributed by atoms with Gasteiger partial charge in [-0.3, -0.25) is 9.69 Å². The van der Waals surface area contributed by atoms with Crippen molar-refractivity contribution in [2.45, 2.75) is 32.0 Å². The fraction of sp³-hybridized carbons (Fsp3) is 0.353. The molecular formula is C17H19ClN2O2. The molecule has 1 aliphatic rings. The standard InChI is InChI=1S/C17H19ClN2O2/c18-15-7-2-1-5-13(15)12-20-9-3-8-16(20)17(21)19-11-14-6-4-10-22-14/h1-2,4-7,10,16H,3,8-9,11-12H2,(H,19,21). The maximum Gasteiger partial charge on any atom is 0.237 e. The fourth-order valence-corrected chi connectivity index (χ4v) is 3.06. The second-order valence-corrected chi connectivity index (χ2v) is 5.92. The van der Waals surface area contributed by atoms with Gasteiger partial charge in [0.1, 0.15) is 5.76 Å². The third kappa shape index (κ3) is 3.51. The predicted octanol–water partition coefficient (Wildman–Crippen LogP) is 3.21. The molecule has 1 aliphatic heterocycles. The Morgan fingerprint density at radius 1 is 1.32 bits per heavy atom. The van der Waals surface area contributed by atoms with Crippen LogP contribution in [0, 0.1) is 0 Å². The molecule has 1 N–H and O–H groups in total. The summed E-state index contributed by atoms with van der Waals surface area (Å²) in [5, 5.41) is 3.70. The molecule has 3 rings (SSSR count).